The van der Waals surface area contributed by atoms with Gasteiger partial charge in [-0.1, -0.05) is 18.0 Å². The number of halogens is 1. The second-order valence-electron chi connectivity index (χ2n) is 3.61. The lowest BCUT2D eigenvalue weighted by Gasteiger charge is -2.12. The van der Waals surface area contributed by atoms with Gasteiger partial charge < -0.3 is 0 Å². The highest BCUT2D eigenvalue weighted by Crippen LogP contribution is 2.39. The van der Waals surface area contributed by atoms with E-state index in [-0.39, 0.29) is 5.92 Å². The molecule has 1 aromatic rings. The molecule has 1 aromatic heterocycles. The van der Waals surface area contributed by atoms with E-state index in [1.807, 2.05) is 12.1 Å². The summed E-state index contributed by atoms with van der Waals surface area (Å²) in [5, 5.41) is 10.9. The summed E-state index contributed by atoms with van der Waals surface area (Å²) in [5.41, 5.74) is 0. The first-order valence-corrected chi connectivity index (χ1v) is 6.24. The van der Waals surface area contributed by atoms with Crippen LogP contribution in [0.4, 0.5) is 0 Å². The third-order valence-corrected chi connectivity index (χ3v) is 4.44. The molecule has 0 radical (unpaired) electrons. The highest BCUT2D eigenvalue weighted by molar-refractivity contribution is 8.00. The number of hydrogen-bond donors (Lipinski definition) is 0. The molecular weight excluding hydrogens is 228 g/mol. The summed E-state index contributed by atoms with van der Waals surface area (Å²) >= 11 is 7.67. The van der Waals surface area contributed by atoms with E-state index in [9.17, 15) is 0 Å². The van der Waals surface area contributed by atoms with Crippen LogP contribution in [-0.2, 0) is 0 Å². The molecule has 2 atom stereocenters. The molecule has 0 N–H and O–H groups in total. The van der Waals surface area contributed by atoms with Crippen molar-refractivity contribution in [3.63, 3.8) is 0 Å². The fourth-order valence-corrected chi connectivity index (χ4v) is 3.31. The lowest BCUT2D eigenvalue weighted by molar-refractivity contribution is 0.713. The van der Waals surface area contributed by atoms with Gasteiger partial charge in [-0.2, -0.15) is 5.26 Å². The minimum atomic E-state index is 0.160. The van der Waals surface area contributed by atoms with Crippen molar-refractivity contribution in [3.8, 4) is 6.07 Å². The summed E-state index contributed by atoms with van der Waals surface area (Å²) in [6.45, 7) is 0. The van der Waals surface area contributed by atoms with Gasteiger partial charge in [0.2, 0.25) is 0 Å². The van der Waals surface area contributed by atoms with E-state index in [1.54, 1.807) is 18.0 Å². The highest BCUT2D eigenvalue weighted by atomic mass is 35.5. The standard InChI is InChI=1S/C11H11ClN2S/c12-9-4-2-6-14-11(9)15-10-5-1-3-8(10)7-13/h2,4,6,8,10H,1,3,5H2. The van der Waals surface area contributed by atoms with Crippen molar-refractivity contribution in [2.75, 3.05) is 0 Å². The van der Waals surface area contributed by atoms with Crippen molar-refractivity contribution in [1.82, 2.24) is 4.98 Å². The van der Waals surface area contributed by atoms with Crippen LogP contribution in [0.25, 0.3) is 0 Å². The summed E-state index contributed by atoms with van der Waals surface area (Å²) in [5.74, 6) is 0.160. The molecule has 0 amide bonds. The number of aromatic nitrogens is 1. The maximum absolute atomic E-state index is 8.97. The minimum absolute atomic E-state index is 0.160. The van der Waals surface area contributed by atoms with Crippen molar-refractivity contribution in [2.45, 2.75) is 29.5 Å². The van der Waals surface area contributed by atoms with Gasteiger partial charge in [0.1, 0.15) is 5.03 Å². The predicted octanol–water partition coefficient (Wildman–Crippen LogP) is 3.52. The normalized spacial score (nSPS) is 25.1. The Hall–Kier alpha value is -0.720. The van der Waals surface area contributed by atoms with Crippen LogP contribution in [0.5, 0.6) is 0 Å². The van der Waals surface area contributed by atoms with Gasteiger partial charge in [0, 0.05) is 11.4 Å². The largest absolute Gasteiger partial charge is 0.248 e. The Morgan fingerprint density at radius 2 is 2.40 bits per heavy atom. The SMILES string of the molecule is N#CC1CCCC1Sc1ncccc1Cl. The number of hydrogen-bond acceptors (Lipinski definition) is 3. The Balaban J connectivity index is 2.09. The molecule has 78 valence electrons. The van der Waals surface area contributed by atoms with Crippen LogP contribution in [0.3, 0.4) is 0 Å². The van der Waals surface area contributed by atoms with Gasteiger partial charge in [-0.05, 0) is 25.0 Å². The molecule has 15 heavy (non-hydrogen) atoms. The Kier molecular flexibility index (Phi) is 3.50. The monoisotopic (exact) mass is 238 g/mol. The summed E-state index contributed by atoms with van der Waals surface area (Å²) in [6.07, 6.45) is 4.99. The number of rotatable bonds is 2. The number of nitrogens with zero attached hydrogens (tertiary/aromatic N) is 2. The molecule has 2 rings (SSSR count). The zero-order valence-electron chi connectivity index (χ0n) is 8.19. The Morgan fingerprint density at radius 1 is 1.53 bits per heavy atom. The van der Waals surface area contributed by atoms with E-state index in [4.69, 9.17) is 16.9 Å². The molecule has 2 unspecified atom stereocenters. The van der Waals surface area contributed by atoms with Crippen molar-refractivity contribution in [1.29, 1.82) is 5.26 Å². The van der Waals surface area contributed by atoms with Gasteiger partial charge in [0.05, 0.1) is 17.0 Å². The first-order chi connectivity index (χ1) is 7.31. The molecule has 1 aliphatic rings. The van der Waals surface area contributed by atoms with Gasteiger partial charge in [-0.15, -0.1) is 11.8 Å². The van der Waals surface area contributed by atoms with Crippen LogP contribution in [0, 0.1) is 17.2 Å². The van der Waals surface area contributed by atoms with Crippen molar-refractivity contribution in [3.05, 3.63) is 23.4 Å². The van der Waals surface area contributed by atoms with Gasteiger partial charge in [0.15, 0.2) is 0 Å². The van der Waals surface area contributed by atoms with Gasteiger partial charge in [0.25, 0.3) is 0 Å². The third kappa shape index (κ3) is 2.45. The van der Waals surface area contributed by atoms with Crippen molar-refractivity contribution in [2.24, 2.45) is 5.92 Å². The Labute approximate surface area is 98.7 Å². The van der Waals surface area contributed by atoms with E-state index in [1.165, 1.54) is 0 Å². The first-order valence-electron chi connectivity index (χ1n) is 4.98. The van der Waals surface area contributed by atoms with Crippen LogP contribution in [0.1, 0.15) is 19.3 Å². The molecule has 1 heterocycles. The van der Waals surface area contributed by atoms with Crippen LogP contribution in [-0.4, -0.2) is 10.2 Å². The number of thioether (sulfide) groups is 1. The molecule has 0 aliphatic heterocycles. The smallest absolute Gasteiger partial charge is 0.115 e. The van der Waals surface area contributed by atoms with E-state index < -0.39 is 0 Å². The molecule has 0 spiro atoms. The van der Waals surface area contributed by atoms with Gasteiger partial charge in [-0.3, -0.25) is 0 Å². The molecule has 0 bridgehead atoms. The highest BCUT2D eigenvalue weighted by Gasteiger charge is 2.28. The molecular formula is C11H11ClN2S. The first kappa shape index (κ1) is 10.8. The zero-order valence-corrected chi connectivity index (χ0v) is 9.76. The van der Waals surface area contributed by atoms with Crippen LogP contribution in [0.15, 0.2) is 23.4 Å². The summed E-state index contributed by atoms with van der Waals surface area (Å²) in [4.78, 5) is 4.23. The van der Waals surface area contributed by atoms with Crippen molar-refractivity contribution < 1.29 is 0 Å². The number of pyridine rings is 1. The third-order valence-electron chi connectivity index (χ3n) is 2.61. The molecule has 0 saturated heterocycles. The molecule has 2 nitrogen and oxygen atoms in total. The maximum atomic E-state index is 8.97. The molecule has 4 heteroatoms. The second kappa shape index (κ2) is 4.87. The summed E-state index contributed by atoms with van der Waals surface area (Å²) in [6, 6.07) is 6.02. The minimum Gasteiger partial charge on any atom is -0.248 e. The zero-order chi connectivity index (χ0) is 10.7. The molecule has 1 fully saturated rings. The summed E-state index contributed by atoms with van der Waals surface area (Å²) in [7, 11) is 0. The van der Waals surface area contributed by atoms with Gasteiger partial charge >= 0.3 is 0 Å². The van der Waals surface area contributed by atoms with E-state index in [0.29, 0.717) is 10.3 Å². The van der Waals surface area contributed by atoms with Crippen molar-refractivity contribution >= 4 is 23.4 Å². The fraction of sp³-hybridized carbons (Fsp3) is 0.455. The Morgan fingerprint density at radius 3 is 3.13 bits per heavy atom. The average molecular weight is 239 g/mol. The van der Waals surface area contributed by atoms with E-state index in [2.05, 4.69) is 11.1 Å². The second-order valence-corrected chi connectivity index (χ2v) is 5.25. The fourth-order valence-electron chi connectivity index (χ4n) is 1.82. The van der Waals surface area contributed by atoms with Crippen LogP contribution >= 0.6 is 23.4 Å². The van der Waals surface area contributed by atoms with Gasteiger partial charge in [-0.25, -0.2) is 4.98 Å². The lowest BCUT2D eigenvalue weighted by atomic mass is 10.1. The average Bonchev–Trinajstić information content (AvgIpc) is 2.69. The molecule has 0 aromatic carbocycles. The quantitative estimate of drug-likeness (QED) is 0.791. The lowest BCUT2D eigenvalue weighted by Crippen LogP contribution is -2.07. The molecule has 1 saturated carbocycles. The Bertz CT molecular complexity index is 388. The summed E-state index contributed by atoms with van der Waals surface area (Å²) < 4.78 is 0. The van der Waals surface area contributed by atoms with E-state index >= 15 is 0 Å². The molecule has 1 aliphatic carbocycles. The topological polar surface area (TPSA) is 36.7 Å². The van der Waals surface area contributed by atoms with Crippen LogP contribution in [0.2, 0.25) is 5.02 Å². The maximum Gasteiger partial charge on any atom is 0.115 e. The number of nitriles is 1. The van der Waals surface area contributed by atoms with E-state index in [0.717, 1.165) is 24.3 Å². The van der Waals surface area contributed by atoms with Crippen LogP contribution < -0.4 is 0 Å². The predicted molar refractivity (Wildman–Crippen MR) is 61.8 cm³/mol.